The average Bonchev–Trinajstić information content (AvgIpc) is 2.40. The minimum atomic E-state index is 0.254. The van der Waals surface area contributed by atoms with Gasteiger partial charge in [0.1, 0.15) is 6.07 Å². The normalized spacial score (nSPS) is 11.9. The first-order chi connectivity index (χ1) is 9.26. The summed E-state index contributed by atoms with van der Waals surface area (Å²) >= 11 is 1.70. The summed E-state index contributed by atoms with van der Waals surface area (Å²) in [6.45, 7) is 4.90. The molecule has 0 aliphatic rings. The molecule has 1 rings (SSSR count). The molecule has 1 aromatic rings. The summed E-state index contributed by atoms with van der Waals surface area (Å²) in [7, 11) is 1.71. The molecular weight excluding hydrogens is 256 g/mol. The predicted molar refractivity (Wildman–Crippen MR) is 81.7 cm³/mol. The van der Waals surface area contributed by atoms with Crippen molar-refractivity contribution in [3.05, 3.63) is 23.8 Å². The molecule has 0 bridgehead atoms. The van der Waals surface area contributed by atoms with Crippen LogP contribution in [-0.4, -0.2) is 25.5 Å². The third kappa shape index (κ3) is 4.77. The van der Waals surface area contributed by atoms with Crippen molar-refractivity contribution in [2.75, 3.05) is 24.8 Å². The number of anilines is 1. The van der Waals surface area contributed by atoms with Gasteiger partial charge in [-0.15, -0.1) is 11.8 Å². The van der Waals surface area contributed by atoms with Crippen LogP contribution in [0.4, 0.5) is 5.69 Å². The van der Waals surface area contributed by atoms with Gasteiger partial charge in [0.2, 0.25) is 0 Å². The number of ether oxygens (including phenoxy) is 1. The molecule has 0 amide bonds. The highest BCUT2D eigenvalue weighted by atomic mass is 32.2. The Labute approximate surface area is 120 Å². The number of nitrogens with one attached hydrogen (secondary N) is 1. The summed E-state index contributed by atoms with van der Waals surface area (Å²) in [5.74, 6) is 0.967. The van der Waals surface area contributed by atoms with Gasteiger partial charge < -0.3 is 10.1 Å². The molecule has 0 fully saturated rings. The van der Waals surface area contributed by atoms with Crippen molar-refractivity contribution < 1.29 is 4.74 Å². The Morgan fingerprint density at radius 2 is 2.21 bits per heavy atom. The summed E-state index contributed by atoms with van der Waals surface area (Å²) in [4.78, 5) is 1.04. The van der Waals surface area contributed by atoms with Gasteiger partial charge in [-0.05, 0) is 24.3 Å². The van der Waals surface area contributed by atoms with Gasteiger partial charge >= 0.3 is 0 Å². The number of hydrogen-bond acceptors (Lipinski definition) is 4. The first kappa shape index (κ1) is 15.9. The number of rotatable bonds is 8. The molecule has 1 aromatic carbocycles. The Bertz CT molecular complexity index is 423. The van der Waals surface area contributed by atoms with Gasteiger partial charge in [0.25, 0.3) is 0 Å². The fraction of sp³-hybridized carbons (Fsp3) is 0.533. The van der Waals surface area contributed by atoms with Crippen molar-refractivity contribution in [2.24, 2.45) is 0 Å². The number of methoxy groups -OCH3 is 1. The van der Waals surface area contributed by atoms with E-state index in [0.29, 0.717) is 6.61 Å². The van der Waals surface area contributed by atoms with Crippen LogP contribution in [0.3, 0.4) is 0 Å². The molecular formula is C15H22N2OS. The van der Waals surface area contributed by atoms with Crippen LogP contribution in [0, 0.1) is 11.3 Å². The molecule has 1 unspecified atom stereocenters. The molecule has 19 heavy (non-hydrogen) atoms. The van der Waals surface area contributed by atoms with Crippen LogP contribution in [0.2, 0.25) is 0 Å². The van der Waals surface area contributed by atoms with Gasteiger partial charge in [0.15, 0.2) is 0 Å². The number of thioether (sulfide) groups is 1. The highest BCUT2D eigenvalue weighted by molar-refractivity contribution is 7.99. The molecule has 3 nitrogen and oxygen atoms in total. The molecule has 1 atom stereocenters. The number of hydrogen-bond donors (Lipinski definition) is 1. The number of nitrogens with zero attached hydrogens (tertiary/aromatic N) is 1. The second-order valence-electron chi connectivity index (χ2n) is 4.31. The Kier molecular flexibility index (Phi) is 7.39. The topological polar surface area (TPSA) is 45.0 Å². The third-order valence-corrected chi connectivity index (χ3v) is 3.74. The maximum atomic E-state index is 9.36. The zero-order valence-corrected chi connectivity index (χ0v) is 12.7. The van der Waals surface area contributed by atoms with Crippen LogP contribution in [-0.2, 0) is 4.74 Å². The number of benzene rings is 1. The van der Waals surface area contributed by atoms with Crippen LogP contribution in [0.25, 0.3) is 0 Å². The smallest absolute Gasteiger partial charge is 0.102 e. The van der Waals surface area contributed by atoms with Gasteiger partial charge in [-0.2, -0.15) is 5.26 Å². The quantitative estimate of drug-likeness (QED) is 0.733. The van der Waals surface area contributed by atoms with E-state index < -0.39 is 0 Å². The zero-order chi connectivity index (χ0) is 14.1. The Morgan fingerprint density at radius 1 is 1.42 bits per heavy atom. The van der Waals surface area contributed by atoms with E-state index in [4.69, 9.17) is 4.74 Å². The Hall–Kier alpha value is -1.18. The molecule has 1 N–H and O–H groups in total. The zero-order valence-electron chi connectivity index (χ0n) is 11.9. The first-order valence-electron chi connectivity index (χ1n) is 6.68. The highest BCUT2D eigenvalue weighted by Crippen LogP contribution is 2.28. The lowest BCUT2D eigenvalue weighted by Crippen LogP contribution is -2.25. The van der Waals surface area contributed by atoms with Gasteiger partial charge in [-0.25, -0.2) is 0 Å². The minimum Gasteiger partial charge on any atom is -0.383 e. The highest BCUT2D eigenvalue weighted by Gasteiger charge is 2.12. The van der Waals surface area contributed by atoms with E-state index in [-0.39, 0.29) is 6.04 Å². The third-order valence-electron chi connectivity index (χ3n) is 2.80. The van der Waals surface area contributed by atoms with Crippen LogP contribution >= 0.6 is 11.8 Å². The largest absolute Gasteiger partial charge is 0.383 e. The maximum Gasteiger partial charge on any atom is 0.102 e. The Morgan fingerprint density at radius 3 is 2.79 bits per heavy atom. The van der Waals surface area contributed by atoms with Crippen molar-refractivity contribution in [3.63, 3.8) is 0 Å². The predicted octanol–water partition coefficient (Wildman–Crippen LogP) is 3.90. The summed E-state index contributed by atoms with van der Waals surface area (Å²) in [6, 6.07) is 8.54. The van der Waals surface area contributed by atoms with E-state index in [9.17, 15) is 5.26 Å². The fourth-order valence-electron chi connectivity index (χ4n) is 2.01. The summed E-state index contributed by atoms with van der Waals surface area (Å²) < 4.78 is 5.23. The van der Waals surface area contributed by atoms with Crippen molar-refractivity contribution >= 4 is 17.4 Å². The SMILES string of the molecule is CCCC(COC)Nc1cccc(SCC)c1C#N. The molecule has 0 saturated carbocycles. The molecule has 0 aromatic heterocycles. The molecule has 0 aliphatic heterocycles. The Balaban J connectivity index is 2.92. The fourth-order valence-corrected chi connectivity index (χ4v) is 2.79. The molecule has 0 radical (unpaired) electrons. The minimum absolute atomic E-state index is 0.254. The summed E-state index contributed by atoms with van der Waals surface area (Å²) in [6.07, 6.45) is 2.12. The lowest BCUT2D eigenvalue weighted by molar-refractivity contribution is 0.182. The molecule has 0 spiro atoms. The molecule has 0 saturated heterocycles. The van der Waals surface area contributed by atoms with Gasteiger partial charge in [0.05, 0.1) is 17.9 Å². The van der Waals surface area contributed by atoms with Crippen LogP contribution in [0.5, 0.6) is 0 Å². The van der Waals surface area contributed by atoms with Crippen LogP contribution in [0.15, 0.2) is 23.1 Å². The maximum absolute atomic E-state index is 9.36. The van der Waals surface area contributed by atoms with Gasteiger partial charge in [-0.3, -0.25) is 0 Å². The lowest BCUT2D eigenvalue weighted by Gasteiger charge is -2.20. The van der Waals surface area contributed by atoms with E-state index in [1.165, 1.54) is 0 Å². The van der Waals surface area contributed by atoms with E-state index in [0.717, 1.165) is 34.7 Å². The second-order valence-corrected chi connectivity index (χ2v) is 5.61. The van der Waals surface area contributed by atoms with E-state index >= 15 is 0 Å². The monoisotopic (exact) mass is 278 g/mol. The van der Waals surface area contributed by atoms with Crippen molar-refractivity contribution in [1.82, 2.24) is 0 Å². The van der Waals surface area contributed by atoms with Crippen LogP contribution < -0.4 is 5.32 Å². The van der Waals surface area contributed by atoms with Gasteiger partial charge in [-0.1, -0.05) is 26.3 Å². The molecule has 104 valence electrons. The number of nitriles is 1. The lowest BCUT2D eigenvalue weighted by atomic mass is 10.1. The molecule has 4 heteroatoms. The van der Waals surface area contributed by atoms with Crippen molar-refractivity contribution in [2.45, 2.75) is 37.6 Å². The average molecular weight is 278 g/mol. The van der Waals surface area contributed by atoms with E-state index in [1.54, 1.807) is 18.9 Å². The summed E-state index contributed by atoms with van der Waals surface area (Å²) in [5.41, 5.74) is 1.66. The van der Waals surface area contributed by atoms with Gasteiger partial charge in [0, 0.05) is 18.0 Å². The second kappa shape index (κ2) is 8.84. The molecule has 0 heterocycles. The molecule has 0 aliphatic carbocycles. The van der Waals surface area contributed by atoms with Crippen molar-refractivity contribution in [3.8, 4) is 6.07 Å². The first-order valence-corrected chi connectivity index (χ1v) is 7.66. The van der Waals surface area contributed by atoms with E-state index in [1.807, 2.05) is 18.2 Å². The standard InChI is InChI=1S/C15H22N2OS/c1-4-7-12(11-18-3)17-14-8-6-9-15(19-5-2)13(14)10-16/h6,8-9,12,17H,4-5,7,11H2,1-3H3. The van der Waals surface area contributed by atoms with E-state index in [2.05, 4.69) is 25.2 Å². The van der Waals surface area contributed by atoms with Crippen LogP contribution in [0.1, 0.15) is 32.3 Å². The van der Waals surface area contributed by atoms with Crippen molar-refractivity contribution in [1.29, 1.82) is 5.26 Å². The summed E-state index contributed by atoms with van der Waals surface area (Å²) in [5, 5.41) is 12.8.